The summed E-state index contributed by atoms with van der Waals surface area (Å²) in [5.74, 6) is -2.45. The molecule has 0 aliphatic carbocycles. The molecule has 9 heteroatoms. The number of hydrogen-bond acceptors (Lipinski definition) is 9. The highest BCUT2D eigenvalue weighted by molar-refractivity contribution is 5.80. The van der Waals surface area contributed by atoms with Crippen LogP contribution in [0.25, 0.3) is 0 Å². The molecule has 0 bridgehead atoms. The maximum absolute atomic E-state index is 11.9. The summed E-state index contributed by atoms with van der Waals surface area (Å²) in [5.41, 5.74) is 15.7. The van der Waals surface area contributed by atoms with E-state index in [4.69, 9.17) is 31.4 Å². The van der Waals surface area contributed by atoms with Crippen molar-refractivity contribution < 1.29 is 28.6 Å². The minimum atomic E-state index is -0.790. The summed E-state index contributed by atoms with van der Waals surface area (Å²) in [5, 5.41) is 0. The van der Waals surface area contributed by atoms with Gasteiger partial charge in [0, 0.05) is 26.1 Å². The highest BCUT2D eigenvalue weighted by Gasteiger charge is 2.25. The van der Waals surface area contributed by atoms with Crippen LogP contribution in [-0.2, 0) is 28.6 Å². The van der Waals surface area contributed by atoms with Gasteiger partial charge < -0.3 is 31.4 Å². The number of ether oxygens (including phenoxy) is 3. The van der Waals surface area contributed by atoms with Crippen molar-refractivity contribution in [2.45, 2.75) is 19.3 Å². The second kappa shape index (κ2) is 13.0. The van der Waals surface area contributed by atoms with E-state index in [1.54, 1.807) is 0 Å². The van der Waals surface area contributed by atoms with Gasteiger partial charge in [0.25, 0.3) is 0 Å². The van der Waals surface area contributed by atoms with E-state index in [9.17, 15) is 14.4 Å². The van der Waals surface area contributed by atoms with E-state index in [1.807, 2.05) is 0 Å². The van der Waals surface area contributed by atoms with E-state index < -0.39 is 23.8 Å². The van der Waals surface area contributed by atoms with Crippen molar-refractivity contribution in [3.8, 4) is 0 Å². The first-order chi connectivity index (χ1) is 10.5. The summed E-state index contributed by atoms with van der Waals surface area (Å²) in [6.07, 6.45) is -0.0926. The Labute approximate surface area is 129 Å². The van der Waals surface area contributed by atoms with Gasteiger partial charge in [0.1, 0.15) is 19.8 Å². The van der Waals surface area contributed by atoms with Crippen LogP contribution in [0.1, 0.15) is 19.3 Å². The van der Waals surface area contributed by atoms with Crippen LogP contribution in [0.2, 0.25) is 0 Å². The molecule has 128 valence electrons. The van der Waals surface area contributed by atoms with Crippen molar-refractivity contribution >= 4 is 17.9 Å². The fourth-order valence-electron chi connectivity index (χ4n) is 1.55. The molecule has 0 amide bonds. The summed E-state index contributed by atoms with van der Waals surface area (Å²) < 4.78 is 14.5. The van der Waals surface area contributed by atoms with E-state index in [2.05, 4.69) is 0 Å². The summed E-state index contributed by atoms with van der Waals surface area (Å²) in [7, 11) is 0. The van der Waals surface area contributed by atoms with Crippen LogP contribution in [-0.4, -0.2) is 57.4 Å². The fraction of sp³-hybridized carbons (Fsp3) is 0.769. The smallest absolute Gasteiger partial charge is 0.309 e. The molecule has 0 saturated heterocycles. The molecule has 0 fully saturated rings. The lowest BCUT2D eigenvalue weighted by Crippen LogP contribution is -2.26. The van der Waals surface area contributed by atoms with Crippen LogP contribution in [0.3, 0.4) is 0 Å². The number of esters is 3. The molecular weight excluding hydrogens is 294 g/mol. The van der Waals surface area contributed by atoms with Crippen molar-refractivity contribution in [3.05, 3.63) is 0 Å². The Balaban J connectivity index is 4.41. The molecule has 9 nitrogen and oxygen atoms in total. The number of rotatable bonds is 12. The molecule has 6 N–H and O–H groups in total. The fourth-order valence-corrected chi connectivity index (χ4v) is 1.55. The Morgan fingerprint density at radius 3 is 1.82 bits per heavy atom. The number of nitrogens with two attached hydrogens (primary N) is 3. The van der Waals surface area contributed by atoms with Gasteiger partial charge >= 0.3 is 17.9 Å². The van der Waals surface area contributed by atoms with Crippen LogP contribution in [0, 0.1) is 5.92 Å². The van der Waals surface area contributed by atoms with Crippen molar-refractivity contribution in [2.24, 2.45) is 23.1 Å². The van der Waals surface area contributed by atoms with Gasteiger partial charge in [0.05, 0.1) is 12.3 Å². The molecule has 0 heterocycles. The van der Waals surface area contributed by atoms with Gasteiger partial charge in [-0.25, -0.2) is 0 Å². The molecule has 0 aromatic rings. The van der Waals surface area contributed by atoms with Gasteiger partial charge in [0.2, 0.25) is 0 Å². The van der Waals surface area contributed by atoms with E-state index in [-0.39, 0.29) is 58.7 Å². The molecule has 22 heavy (non-hydrogen) atoms. The Morgan fingerprint density at radius 1 is 0.773 bits per heavy atom. The predicted molar refractivity (Wildman–Crippen MR) is 77.4 cm³/mol. The van der Waals surface area contributed by atoms with Gasteiger partial charge in [-0.15, -0.1) is 0 Å². The van der Waals surface area contributed by atoms with Crippen molar-refractivity contribution in [3.63, 3.8) is 0 Å². The molecule has 0 aliphatic heterocycles. The second-order valence-corrected chi connectivity index (χ2v) is 4.41. The third-order valence-electron chi connectivity index (χ3n) is 2.57. The quantitative estimate of drug-likeness (QED) is 0.281. The Morgan fingerprint density at radius 2 is 1.27 bits per heavy atom. The molecule has 0 saturated carbocycles. The van der Waals surface area contributed by atoms with Gasteiger partial charge in [-0.2, -0.15) is 0 Å². The van der Waals surface area contributed by atoms with Gasteiger partial charge in [-0.3, -0.25) is 14.4 Å². The van der Waals surface area contributed by atoms with Crippen LogP contribution in [0.15, 0.2) is 0 Å². The maximum Gasteiger partial charge on any atom is 0.309 e. The highest BCUT2D eigenvalue weighted by Crippen LogP contribution is 2.15. The zero-order valence-electron chi connectivity index (χ0n) is 12.6. The Bertz CT molecular complexity index is 351. The van der Waals surface area contributed by atoms with Crippen molar-refractivity contribution in [1.82, 2.24) is 0 Å². The molecule has 1 atom stereocenters. The summed E-state index contributed by atoms with van der Waals surface area (Å²) in [6, 6.07) is 0. The van der Waals surface area contributed by atoms with Crippen LogP contribution in [0.4, 0.5) is 0 Å². The molecule has 1 unspecified atom stereocenters. The van der Waals surface area contributed by atoms with Crippen molar-refractivity contribution in [1.29, 1.82) is 0 Å². The zero-order valence-corrected chi connectivity index (χ0v) is 12.6. The number of carbonyl (C=O) groups excluding carboxylic acids is 3. The molecular formula is C13H25N3O6. The monoisotopic (exact) mass is 319 g/mol. The van der Waals surface area contributed by atoms with Crippen LogP contribution < -0.4 is 17.2 Å². The highest BCUT2D eigenvalue weighted by atomic mass is 16.5. The van der Waals surface area contributed by atoms with Gasteiger partial charge in [0.15, 0.2) is 0 Å². The Hall–Kier alpha value is -1.71. The van der Waals surface area contributed by atoms with E-state index in [1.165, 1.54) is 0 Å². The summed E-state index contributed by atoms with van der Waals surface area (Å²) in [4.78, 5) is 34.8. The van der Waals surface area contributed by atoms with E-state index >= 15 is 0 Å². The lowest BCUT2D eigenvalue weighted by atomic mass is 9.99. The first kappa shape index (κ1) is 20.3. The largest absolute Gasteiger partial charge is 0.464 e. The zero-order chi connectivity index (χ0) is 16.8. The minimum Gasteiger partial charge on any atom is -0.464 e. The number of hydrogen-bond donors (Lipinski definition) is 3. The SMILES string of the molecule is NCCOC(=O)CCC(CC(=O)OCCN)C(=O)OCCN. The standard InChI is InChI=1S/C13H25N3O6/c14-3-6-20-11(17)2-1-10(13(19)22-8-5-16)9-12(18)21-7-4-15/h10H,1-9,14-16H2. The molecule has 0 aromatic carbocycles. The van der Waals surface area contributed by atoms with Gasteiger partial charge in [-0.1, -0.05) is 0 Å². The molecule has 0 aromatic heterocycles. The summed E-state index contributed by atoms with van der Waals surface area (Å²) in [6.45, 7) is 0.819. The normalized spacial score (nSPS) is 11.6. The third-order valence-corrected chi connectivity index (χ3v) is 2.57. The molecule has 0 aliphatic rings. The average molecular weight is 319 g/mol. The van der Waals surface area contributed by atoms with E-state index in [0.29, 0.717) is 0 Å². The van der Waals surface area contributed by atoms with Crippen LogP contribution in [0.5, 0.6) is 0 Å². The lowest BCUT2D eigenvalue weighted by Gasteiger charge is -2.15. The Kier molecular flexibility index (Phi) is 12.0. The topological polar surface area (TPSA) is 157 Å². The second-order valence-electron chi connectivity index (χ2n) is 4.41. The molecule has 0 radical (unpaired) electrons. The first-order valence-corrected chi connectivity index (χ1v) is 7.13. The lowest BCUT2D eigenvalue weighted by molar-refractivity contribution is -0.156. The molecule has 0 rings (SSSR count). The predicted octanol–water partition coefficient (Wildman–Crippen LogP) is -1.72. The van der Waals surface area contributed by atoms with Gasteiger partial charge in [-0.05, 0) is 6.42 Å². The third kappa shape index (κ3) is 10.1. The number of carbonyl (C=O) groups is 3. The van der Waals surface area contributed by atoms with Crippen LogP contribution >= 0.6 is 0 Å². The van der Waals surface area contributed by atoms with Crippen molar-refractivity contribution in [2.75, 3.05) is 39.5 Å². The molecule has 0 spiro atoms. The minimum absolute atomic E-state index is 0.0213. The first-order valence-electron chi connectivity index (χ1n) is 7.13. The maximum atomic E-state index is 11.9. The van der Waals surface area contributed by atoms with E-state index in [0.717, 1.165) is 0 Å². The average Bonchev–Trinajstić information content (AvgIpc) is 2.52. The summed E-state index contributed by atoms with van der Waals surface area (Å²) >= 11 is 0.